The molecule has 0 bridgehead atoms. The summed E-state index contributed by atoms with van der Waals surface area (Å²) in [5, 5.41) is 9.15. The fourth-order valence-corrected chi connectivity index (χ4v) is 2.10. The van der Waals surface area contributed by atoms with Crippen LogP contribution in [0.15, 0.2) is 48.5 Å². The number of nitrogens with zero attached hydrogens (tertiary/aromatic N) is 1. The molecule has 108 valence electrons. The monoisotopic (exact) mass is 283 g/mol. The van der Waals surface area contributed by atoms with Crippen molar-refractivity contribution >= 4 is 11.9 Å². The molecule has 2 aromatic rings. The zero-order valence-corrected chi connectivity index (χ0v) is 12.0. The lowest BCUT2D eigenvalue weighted by molar-refractivity contribution is 0.0680. The van der Waals surface area contributed by atoms with Crippen LogP contribution in [-0.4, -0.2) is 28.9 Å². The lowest BCUT2D eigenvalue weighted by Gasteiger charge is -2.18. The van der Waals surface area contributed by atoms with Gasteiger partial charge in [-0.15, -0.1) is 0 Å². The molecular formula is C17H17NO3. The molecule has 2 rings (SSSR count). The smallest absolute Gasteiger partial charge is 0.336 e. The maximum absolute atomic E-state index is 12.4. The van der Waals surface area contributed by atoms with E-state index in [0.29, 0.717) is 6.54 Å². The molecule has 0 aliphatic carbocycles. The average Bonchev–Trinajstić information content (AvgIpc) is 2.48. The van der Waals surface area contributed by atoms with E-state index in [4.69, 9.17) is 5.11 Å². The van der Waals surface area contributed by atoms with Crippen LogP contribution in [-0.2, 0) is 6.54 Å². The summed E-state index contributed by atoms with van der Waals surface area (Å²) in [6.45, 7) is 2.44. The topological polar surface area (TPSA) is 57.6 Å². The Hall–Kier alpha value is -2.62. The predicted molar refractivity (Wildman–Crippen MR) is 80.4 cm³/mol. The Morgan fingerprint density at radius 3 is 2.14 bits per heavy atom. The summed E-state index contributed by atoms with van der Waals surface area (Å²) in [4.78, 5) is 25.1. The number of carboxylic acids is 1. The van der Waals surface area contributed by atoms with E-state index in [2.05, 4.69) is 0 Å². The zero-order chi connectivity index (χ0) is 15.4. The van der Waals surface area contributed by atoms with Crippen LogP contribution in [0.5, 0.6) is 0 Å². The van der Waals surface area contributed by atoms with Gasteiger partial charge in [-0.2, -0.15) is 0 Å². The average molecular weight is 283 g/mol. The van der Waals surface area contributed by atoms with Gasteiger partial charge in [0.2, 0.25) is 0 Å². The Morgan fingerprint density at radius 2 is 1.57 bits per heavy atom. The number of carbonyl (C=O) groups excluding carboxylic acids is 1. The summed E-state index contributed by atoms with van der Waals surface area (Å²) < 4.78 is 0. The minimum atomic E-state index is -1.09. The van der Waals surface area contributed by atoms with Gasteiger partial charge in [-0.3, -0.25) is 4.79 Å². The highest BCUT2D eigenvalue weighted by Gasteiger charge is 2.19. The second-order valence-corrected chi connectivity index (χ2v) is 5.00. The van der Waals surface area contributed by atoms with E-state index in [1.54, 1.807) is 19.2 Å². The van der Waals surface area contributed by atoms with Crippen molar-refractivity contribution in [1.29, 1.82) is 0 Å². The minimum absolute atomic E-state index is 0.0262. The molecule has 0 aliphatic rings. The molecule has 0 aromatic heterocycles. The number of benzene rings is 2. The van der Waals surface area contributed by atoms with Crippen LogP contribution in [0.4, 0.5) is 0 Å². The molecule has 4 heteroatoms. The number of rotatable bonds is 4. The third-order valence-corrected chi connectivity index (χ3v) is 3.27. The molecule has 21 heavy (non-hydrogen) atoms. The minimum Gasteiger partial charge on any atom is -0.478 e. The van der Waals surface area contributed by atoms with Gasteiger partial charge >= 0.3 is 5.97 Å². The molecule has 0 saturated heterocycles. The van der Waals surface area contributed by atoms with Crippen LogP contribution in [0, 0.1) is 6.92 Å². The molecule has 1 N–H and O–H groups in total. The molecule has 0 radical (unpaired) electrons. The Labute approximate surface area is 123 Å². The largest absolute Gasteiger partial charge is 0.478 e. The van der Waals surface area contributed by atoms with Gasteiger partial charge in [0.15, 0.2) is 0 Å². The van der Waals surface area contributed by atoms with Gasteiger partial charge in [-0.1, -0.05) is 42.0 Å². The van der Waals surface area contributed by atoms with Crippen LogP contribution < -0.4 is 0 Å². The van der Waals surface area contributed by atoms with Gasteiger partial charge in [0.25, 0.3) is 5.91 Å². The normalized spacial score (nSPS) is 10.2. The maximum Gasteiger partial charge on any atom is 0.336 e. The molecule has 0 atom stereocenters. The fraction of sp³-hybridized carbons (Fsp3) is 0.176. The van der Waals surface area contributed by atoms with E-state index in [1.165, 1.54) is 17.0 Å². The Morgan fingerprint density at radius 1 is 1.00 bits per heavy atom. The van der Waals surface area contributed by atoms with Crippen molar-refractivity contribution in [3.63, 3.8) is 0 Å². The molecule has 1 amide bonds. The number of aryl methyl sites for hydroxylation is 1. The second-order valence-electron chi connectivity index (χ2n) is 5.00. The fourth-order valence-electron chi connectivity index (χ4n) is 2.10. The highest BCUT2D eigenvalue weighted by atomic mass is 16.4. The van der Waals surface area contributed by atoms with Gasteiger partial charge in [0.05, 0.1) is 11.1 Å². The van der Waals surface area contributed by atoms with Crippen molar-refractivity contribution in [3.05, 3.63) is 70.8 Å². The van der Waals surface area contributed by atoms with Crippen molar-refractivity contribution in [1.82, 2.24) is 4.90 Å². The summed E-state index contributed by atoms with van der Waals surface area (Å²) in [6.07, 6.45) is 0. The van der Waals surface area contributed by atoms with Gasteiger partial charge in [0.1, 0.15) is 0 Å². The van der Waals surface area contributed by atoms with Crippen LogP contribution in [0.2, 0.25) is 0 Å². The van der Waals surface area contributed by atoms with E-state index in [0.717, 1.165) is 11.1 Å². The zero-order valence-electron chi connectivity index (χ0n) is 12.0. The first-order valence-corrected chi connectivity index (χ1v) is 6.62. The van der Waals surface area contributed by atoms with Crippen molar-refractivity contribution in [2.45, 2.75) is 13.5 Å². The summed E-state index contributed by atoms with van der Waals surface area (Å²) >= 11 is 0. The van der Waals surface area contributed by atoms with E-state index in [1.807, 2.05) is 31.2 Å². The molecule has 0 spiro atoms. The highest BCUT2D eigenvalue weighted by Crippen LogP contribution is 2.13. The van der Waals surface area contributed by atoms with E-state index in [-0.39, 0.29) is 17.0 Å². The van der Waals surface area contributed by atoms with Crippen molar-refractivity contribution < 1.29 is 14.7 Å². The van der Waals surface area contributed by atoms with Gasteiger partial charge in [-0.05, 0) is 24.6 Å². The lowest BCUT2D eigenvalue weighted by Crippen LogP contribution is -2.27. The van der Waals surface area contributed by atoms with E-state index in [9.17, 15) is 9.59 Å². The number of carboxylic acid groups (broad SMARTS) is 1. The summed E-state index contributed by atoms with van der Waals surface area (Å²) in [7, 11) is 1.67. The molecule has 4 nitrogen and oxygen atoms in total. The van der Waals surface area contributed by atoms with Crippen LogP contribution in [0.1, 0.15) is 31.8 Å². The molecule has 0 heterocycles. The van der Waals surface area contributed by atoms with Crippen molar-refractivity contribution in [2.75, 3.05) is 7.05 Å². The summed E-state index contributed by atoms with van der Waals surface area (Å²) in [5.41, 5.74) is 2.39. The Balaban J connectivity index is 2.20. The third-order valence-electron chi connectivity index (χ3n) is 3.27. The molecule has 0 aliphatic heterocycles. The Kier molecular flexibility index (Phi) is 4.38. The molecule has 0 unspecified atom stereocenters. The number of aromatic carboxylic acids is 1. The maximum atomic E-state index is 12.4. The number of amides is 1. The molecular weight excluding hydrogens is 266 g/mol. The van der Waals surface area contributed by atoms with Crippen LogP contribution in [0.25, 0.3) is 0 Å². The first kappa shape index (κ1) is 14.8. The lowest BCUT2D eigenvalue weighted by atomic mass is 10.1. The first-order valence-electron chi connectivity index (χ1n) is 6.62. The van der Waals surface area contributed by atoms with E-state index >= 15 is 0 Å². The summed E-state index contributed by atoms with van der Waals surface area (Å²) in [5.74, 6) is -1.39. The number of hydrogen-bond donors (Lipinski definition) is 1. The van der Waals surface area contributed by atoms with Gasteiger partial charge < -0.3 is 10.0 Å². The second kappa shape index (κ2) is 6.22. The number of hydrogen-bond acceptors (Lipinski definition) is 2. The third kappa shape index (κ3) is 3.48. The quantitative estimate of drug-likeness (QED) is 0.938. The van der Waals surface area contributed by atoms with Crippen LogP contribution >= 0.6 is 0 Å². The molecule has 2 aromatic carbocycles. The van der Waals surface area contributed by atoms with Gasteiger partial charge in [-0.25, -0.2) is 4.79 Å². The van der Waals surface area contributed by atoms with Gasteiger partial charge in [0, 0.05) is 13.6 Å². The predicted octanol–water partition coefficient (Wildman–Crippen LogP) is 2.97. The summed E-state index contributed by atoms with van der Waals surface area (Å²) in [6, 6.07) is 14.1. The highest BCUT2D eigenvalue weighted by molar-refractivity contribution is 6.04. The Bertz CT molecular complexity index is 662. The van der Waals surface area contributed by atoms with Crippen molar-refractivity contribution in [3.8, 4) is 0 Å². The first-order chi connectivity index (χ1) is 9.99. The molecule has 0 fully saturated rings. The van der Waals surface area contributed by atoms with Crippen molar-refractivity contribution in [2.24, 2.45) is 0 Å². The van der Waals surface area contributed by atoms with E-state index < -0.39 is 5.97 Å². The van der Waals surface area contributed by atoms with Crippen LogP contribution in [0.3, 0.4) is 0 Å². The number of carbonyl (C=O) groups is 2. The standard InChI is InChI=1S/C17H17NO3/c1-12-7-9-13(10-8-12)11-18(2)16(19)14-5-3-4-6-15(14)17(20)21/h3-10H,11H2,1-2H3,(H,20,21). The SMILES string of the molecule is Cc1ccc(CN(C)C(=O)c2ccccc2C(=O)O)cc1. The molecule has 0 saturated carbocycles.